The summed E-state index contributed by atoms with van der Waals surface area (Å²) >= 11 is 0. The number of hydrogen-bond acceptors (Lipinski definition) is 3. The van der Waals surface area contributed by atoms with Gasteiger partial charge >= 0.3 is 0 Å². The van der Waals surface area contributed by atoms with Crippen LogP contribution in [0.1, 0.15) is 113 Å². The molecule has 0 aromatic heterocycles. The standard InChI is InChI=1S/2C8H16O.C4H8O.C4H8.2C2H6.3H2/c2*1-4-5-6-7(2)8(3)9;1-3-4(2)5-3;1-3-4-2;2*1-2;;;/h2*4,7-9H,1,5-6H2,2-3H3;3-4H,1-2H3;3H,1,4H2,2H3;2*1-2H3;3*1H/t2*7-,8+;;;;;;;/m00......./s1/i;;;;;;3*1+2. The fraction of sp³-hybridized carbons (Fsp3) is 0.786. The summed E-state index contributed by atoms with van der Waals surface area (Å²) in [5.41, 5.74) is 0. The average Bonchev–Trinajstić information content (AvgIpc) is 3.45. The Morgan fingerprint density at radius 2 is 0.968 bits per heavy atom. The van der Waals surface area contributed by atoms with Crippen LogP contribution in [0.15, 0.2) is 38.0 Å². The Morgan fingerprint density at radius 1 is 0.742 bits per heavy atom. The van der Waals surface area contributed by atoms with Crippen LogP contribution in [0.4, 0.5) is 0 Å². The molecule has 1 heterocycles. The van der Waals surface area contributed by atoms with E-state index in [1.165, 1.54) is 0 Å². The van der Waals surface area contributed by atoms with Gasteiger partial charge in [-0.15, -0.1) is 19.7 Å². The first-order valence-corrected chi connectivity index (χ1v) is 12.4. The van der Waals surface area contributed by atoms with E-state index in [9.17, 15) is 0 Å². The van der Waals surface area contributed by atoms with Crippen molar-refractivity contribution in [3.8, 4) is 0 Å². The molecule has 31 heavy (non-hydrogen) atoms. The molecule has 6 atom stereocenters. The minimum Gasteiger partial charge on any atom is -0.393 e. The number of aliphatic hydroxyl groups excluding tert-OH is 2. The first-order valence-electron chi connectivity index (χ1n) is 12.4. The Labute approximate surface area is 202 Å². The average molecular weight is 457 g/mol. The minimum absolute atomic E-state index is 0. The Morgan fingerprint density at radius 3 is 1.06 bits per heavy atom. The molecule has 2 N–H and O–H groups in total. The number of allylic oxidation sites excluding steroid dienone is 3. The summed E-state index contributed by atoms with van der Waals surface area (Å²) in [6.07, 6.45) is 11.6. The minimum atomic E-state index is -0.176. The van der Waals surface area contributed by atoms with Crippen molar-refractivity contribution in [2.75, 3.05) is 0 Å². The zero-order valence-corrected chi connectivity index (χ0v) is 23.2. The largest absolute Gasteiger partial charge is 0.393 e. The van der Waals surface area contributed by atoms with Crippen LogP contribution in [-0.2, 0) is 4.74 Å². The highest BCUT2D eigenvalue weighted by atomic mass is 16.6. The summed E-state index contributed by atoms with van der Waals surface area (Å²) in [5.74, 6) is 0.811. The van der Waals surface area contributed by atoms with Gasteiger partial charge in [0.1, 0.15) is 0 Å². The molecule has 1 saturated heterocycles. The van der Waals surface area contributed by atoms with Crippen molar-refractivity contribution in [1.82, 2.24) is 0 Å². The molecule has 0 radical (unpaired) electrons. The van der Waals surface area contributed by atoms with E-state index in [1.807, 2.05) is 73.6 Å². The van der Waals surface area contributed by atoms with Crippen molar-refractivity contribution in [2.24, 2.45) is 11.8 Å². The van der Waals surface area contributed by atoms with Gasteiger partial charge in [-0.25, -0.2) is 0 Å². The fourth-order valence-electron chi connectivity index (χ4n) is 1.54. The zero-order valence-electron chi connectivity index (χ0n) is 23.2. The molecule has 0 aromatic rings. The van der Waals surface area contributed by atoms with Crippen LogP contribution >= 0.6 is 0 Å². The molecule has 1 fully saturated rings. The second-order valence-electron chi connectivity index (χ2n) is 7.41. The summed E-state index contributed by atoms with van der Waals surface area (Å²) in [6.45, 7) is 32.7. The summed E-state index contributed by atoms with van der Waals surface area (Å²) in [5, 5.41) is 18.0. The topological polar surface area (TPSA) is 53.0 Å². The van der Waals surface area contributed by atoms with Gasteiger partial charge in [-0.05, 0) is 71.6 Å². The van der Waals surface area contributed by atoms with Gasteiger partial charge < -0.3 is 14.9 Å². The van der Waals surface area contributed by atoms with E-state index in [-0.39, 0.29) is 16.5 Å². The van der Waals surface area contributed by atoms with E-state index < -0.39 is 0 Å². The lowest BCUT2D eigenvalue weighted by atomic mass is 10.0. The SMILES string of the molecule is C=CCC.C=CCC[C@H](C)[C@@H](C)O.C=CCC[C@H](C)[C@@H](C)O.CC.CC.CC1OC1C.[3HH].[3HH].[3HH]. The zero-order chi connectivity index (χ0) is 25.8. The van der Waals surface area contributed by atoms with E-state index in [0.29, 0.717) is 24.0 Å². The third-order valence-corrected chi connectivity index (χ3v) is 4.60. The van der Waals surface area contributed by atoms with Gasteiger partial charge in [-0.3, -0.25) is 0 Å². The van der Waals surface area contributed by atoms with Crippen molar-refractivity contribution < 1.29 is 19.2 Å². The number of hydrogen-bond donors (Lipinski definition) is 2. The Kier molecular flexibility index (Phi) is 44.0. The van der Waals surface area contributed by atoms with Crippen LogP contribution in [0, 0.1) is 11.8 Å². The third kappa shape index (κ3) is 43.8. The number of epoxide rings is 1. The highest BCUT2D eigenvalue weighted by Crippen LogP contribution is 2.18. The molecule has 1 aliphatic rings. The van der Waals surface area contributed by atoms with Gasteiger partial charge in [0.25, 0.3) is 0 Å². The summed E-state index contributed by atoms with van der Waals surface area (Å²) in [7, 11) is 0. The van der Waals surface area contributed by atoms with E-state index in [2.05, 4.69) is 40.5 Å². The van der Waals surface area contributed by atoms with Gasteiger partial charge in [-0.2, -0.15) is 0 Å². The molecule has 3 nitrogen and oxygen atoms in total. The predicted molar refractivity (Wildman–Crippen MR) is 150 cm³/mol. The second kappa shape index (κ2) is 33.7. The molecule has 0 aliphatic carbocycles. The van der Waals surface area contributed by atoms with Crippen LogP contribution in [0.25, 0.3) is 0 Å². The van der Waals surface area contributed by atoms with Crippen molar-refractivity contribution in [1.29, 1.82) is 0 Å². The van der Waals surface area contributed by atoms with E-state index in [4.69, 9.17) is 14.9 Å². The van der Waals surface area contributed by atoms with E-state index in [0.717, 1.165) is 32.1 Å². The lowest BCUT2D eigenvalue weighted by Gasteiger charge is -2.11. The molecule has 3 heteroatoms. The molecule has 0 saturated carbocycles. The summed E-state index contributed by atoms with van der Waals surface area (Å²) < 4.78 is 4.92. The third-order valence-electron chi connectivity index (χ3n) is 4.60. The molecule has 0 bridgehead atoms. The van der Waals surface area contributed by atoms with Crippen LogP contribution in [0.5, 0.6) is 0 Å². The fourth-order valence-corrected chi connectivity index (χ4v) is 1.54. The van der Waals surface area contributed by atoms with Gasteiger partial charge in [0.05, 0.1) is 24.4 Å². The molecular weight excluding hydrogens is 384 g/mol. The monoisotopic (exact) mass is 457 g/mol. The van der Waals surface area contributed by atoms with Crippen LogP contribution in [0.2, 0.25) is 0 Å². The molecule has 196 valence electrons. The van der Waals surface area contributed by atoms with Gasteiger partial charge in [0, 0.05) is 4.28 Å². The molecule has 1 rings (SSSR count). The Hall–Kier alpha value is -0.900. The number of ether oxygens (including phenoxy) is 1. The van der Waals surface area contributed by atoms with E-state index in [1.54, 1.807) is 0 Å². The maximum Gasteiger partial charge on any atom is 0.0811 e. The maximum absolute atomic E-state index is 9.01. The highest BCUT2D eigenvalue weighted by molar-refractivity contribution is 4.73. The maximum atomic E-state index is 9.01. The molecule has 0 spiro atoms. The highest BCUT2D eigenvalue weighted by Gasteiger charge is 2.27. The first-order chi connectivity index (χ1) is 14.6. The molecule has 0 amide bonds. The summed E-state index contributed by atoms with van der Waals surface area (Å²) in [6, 6.07) is 0. The van der Waals surface area contributed by atoms with Crippen LogP contribution in [-0.4, -0.2) is 34.6 Å². The van der Waals surface area contributed by atoms with E-state index >= 15 is 0 Å². The molecule has 2 unspecified atom stereocenters. The lowest BCUT2D eigenvalue weighted by molar-refractivity contribution is 0.130. The van der Waals surface area contributed by atoms with Crippen LogP contribution < -0.4 is 0 Å². The second-order valence-corrected chi connectivity index (χ2v) is 7.41. The van der Waals surface area contributed by atoms with Crippen molar-refractivity contribution >= 4 is 0 Å². The van der Waals surface area contributed by atoms with Crippen molar-refractivity contribution in [2.45, 2.75) is 133 Å². The first kappa shape index (κ1) is 40.5. The molecular formula is C28H66O3. The normalized spacial score (nSPS) is 18.9. The summed E-state index contributed by atoms with van der Waals surface area (Å²) in [4.78, 5) is 0. The number of rotatable bonds is 9. The smallest absolute Gasteiger partial charge is 0.0811 e. The number of aliphatic hydroxyl groups is 2. The molecule has 0 aromatic carbocycles. The van der Waals surface area contributed by atoms with Crippen LogP contribution in [0.3, 0.4) is 0 Å². The quantitative estimate of drug-likeness (QED) is 0.268. The lowest BCUT2D eigenvalue weighted by Crippen LogP contribution is -2.12. The predicted octanol–water partition coefficient (Wildman–Crippen LogP) is 9.11. The van der Waals surface area contributed by atoms with Crippen molar-refractivity contribution in [3.05, 3.63) is 38.0 Å². The van der Waals surface area contributed by atoms with Gasteiger partial charge in [0.2, 0.25) is 0 Å². The Balaban J connectivity index is -0.0000000422. The molecule has 1 aliphatic heterocycles. The van der Waals surface area contributed by atoms with Gasteiger partial charge in [-0.1, -0.05) is 66.7 Å². The Bertz CT molecular complexity index is 324. The van der Waals surface area contributed by atoms with Crippen molar-refractivity contribution in [3.63, 3.8) is 0 Å². The van der Waals surface area contributed by atoms with Gasteiger partial charge in [0.15, 0.2) is 0 Å².